The highest BCUT2D eigenvalue weighted by molar-refractivity contribution is 7.89. The van der Waals surface area contributed by atoms with Gasteiger partial charge >= 0.3 is 5.97 Å². The number of nitrogens with zero attached hydrogens (tertiary/aromatic N) is 2. The van der Waals surface area contributed by atoms with Gasteiger partial charge in [0.15, 0.2) is 10.6 Å². The molecule has 2 N–H and O–H groups in total. The minimum absolute atomic E-state index is 0.0935. The van der Waals surface area contributed by atoms with E-state index >= 15 is 0 Å². The highest BCUT2D eigenvalue weighted by Crippen LogP contribution is 2.22. The zero-order valence-corrected chi connectivity index (χ0v) is 12.8. The first-order chi connectivity index (χ1) is 9.81. The van der Waals surface area contributed by atoms with Crippen molar-refractivity contribution in [1.82, 2.24) is 14.3 Å². The number of imidazole rings is 1. The van der Waals surface area contributed by atoms with Crippen molar-refractivity contribution in [1.29, 1.82) is 0 Å². The molecule has 1 aromatic rings. The number of ether oxygens (including phenoxy) is 1. The maximum absolute atomic E-state index is 12.4. The summed E-state index contributed by atoms with van der Waals surface area (Å²) in [4.78, 5) is 15.4. The summed E-state index contributed by atoms with van der Waals surface area (Å²) < 4.78 is 33.7. The molecule has 1 aliphatic heterocycles. The molecule has 0 saturated carbocycles. The van der Waals surface area contributed by atoms with E-state index in [2.05, 4.69) is 9.71 Å². The van der Waals surface area contributed by atoms with Crippen LogP contribution in [0.2, 0.25) is 0 Å². The highest BCUT2D eigenvalue weighted by atomic mass is 32.2. The van der Waals surface area contributed by atoms with Gasteiger partial charge in [0.1, 0.15) is 5.82 Å². The van der Waals surface area contributed by atoms with Crippen LogP contribution in [0.3, 0.4) is 0 Å². The van der Waals surface area contributed by atoms with Crippen molar-refractivity contribution in [3.8, 4) is 0 Å². The fourth-order valence-electron chi connectivity index (χ4n) is 2.24. The summed E-state index contributed by atoms with van der Waals surface area (Å²) in [6, 6.07) is 0. The fourth-order valence-corrected chi connectivity index (χ4v) is 3.63. The lowest BCUT2D eigenvalue weighted by Gasteiger charge is -2.22. The van der Waals surface area contributed by atoms with Gasteiger partial charge in [-0.15, -0.1) is 0 Å². The number of aromatic nitrogens is 2. The normalized spacial score (nSPS) is 22.6. The van der Waals surface area contributed by atoms with Crippen molar-refractivity contribution >= 4 is 16.0 Å². The van der Waals surface area contributed by atoms with Gasteiger partial charge < -0.3 is 14.4 Å². The van der Waals surface area contributed by atoms with E-state index in [1.54, 1.807) is 11.5 Å². The number of rotatable bonds is 6. The first-order valence-corrected chi connectivity index (χ1v) is 8.18. The molecule has 0 aliphatic carbocycles. The third-order valence-corrected chi connectivity index (χ3v) is 4.86. The van der Waals surface area contributed by atoms with Crippen LogP contribution in [0.1, 0.15) is 25.6 Å². The Hall–Kier alpha value is -1.45. The Kier molecular flexibility index (Phi) is 4.35. The van der Waals surface area contributed by atoms with Gasteiger partial charge in [-0.05, 0) is 13.3 Å². The summed E-state index contributed by atoms with van der Waals surface area (Å²) in [5, 5.41) is 9.12. The number of hydrogen-bond donors (Lipinski definition) is 2. The second-order valence-electron chi connectivity index (χ2n) is 5.12. The molecule has 8 nitrogen and oxygen atoms in total. The maximum Gasteiger partial charge on any atom is 0.327 e. The average molecular weight is 317 g/mol. The fraction of sp³-hybridized carbons (Fsp3) is 0.667. The predicted molar refractivity (Wildman–Crippen MR) is 73.4 cm³/mol. The van der Waals surface area contributed by atoms with Crippen molar-refractivity contribution in [2.24, 2.45) is 0 Å². The highest BCUT2D eigenvalue weighted by Gasteiger charge is 2.46. The maximum atomic E-state index is 12.4. The van der Waals surface area contributed by atoms with E-state index in [0.717, 1.165) is 6.42 Å². The largest absolute Gasteiger partial charge is 0.480 e. The minimum Gasteiger partial charge on any atom is -0.480 e. The Morgan fingerprint density at radius 2 is 2.33 bits per heavy atom. The molecule has 0 aromatic carbocycles. The number of carbonyl (C=O) groups is 1. The van der Waals surface area contributed by atoms with Crippen LogP contribution in [0, 0.1) is 6.92 Å². The van der Waals surface area contributed by atoms with E-state index in [4.69, 9.17) is 4.74 Å². The van der Waals surface area contributed by atoms with E-state index in [1.165, 1.54) is 6.20 Å². The van der Waals surface area contributed by atoms with Crippen LogP contribution in [0.4, 0.5) is 0 Å². The Bertz CT molecular complexity index is 631. The van der Waals surface area contributed by atoms with Gasteiger partial charge in [-0.3, -0.25) is 4.79 Å². The van der Waals surface area contributed by atoms with Gasteiger partial charge in [0.2, 0.25) is 0 Å². The molecule has 1 fully saturated rings. The summed E-state index contributed by atoms with van der Waals surface area (Å²) >= 11 is 0. The Morgan fingerprint density at radius 1 is 1.62 bits per heavy atom. The monoisotopic (exact) mass is 317 g/mol. The van der Waals surface area contributed by atoms with Crippen LogP contribution >= 0.6 is 0 Å². The molecule has 0 radical (unpaired) electrons. The van der Waals surface area contributed by atoms with Gasteiger partial charge in [-0.2, -0.15) is 4.72 Å². The van der Waals surface area contributed by atoms with Crippen molar-refractivity contribution < 1.29 is 23.1 Å². The molecule has 118 valence electrons. The van der Waals surface area contributed by atoms with E-state index < -0.39 is 21.5 Å². The molecule has 1 unspecified atom stereocenters. The summed E-state index contributed by atoms with van der Waals surface area (Å²) in [6.45, 7) is 4.36. The molecule has 0 bridgehead atoms. The molecule has 9 heteroatoms. The Labute approximate surface area is 123 Å². The Morgan fingerprint density at radius 3 is 2.86 bits per heavy atom. The third-order valence-electron chi connectivity index (χ3n) is 3.45. The molecule has 1 aromatic heterocycles. The van der Waals surface area contributed by atoms with Crippen LogP contribution in [0.25, 0.3) is 0 Å². The quantitative estimate of drug-likeness (QED) is 0.771. The molecular formula is C12H19N3O5S. The zero-order valence-electron chi connectivity index (χ0n) is 12.0. The van der Waals surface area contributed by atoms with Crippen molar-refractivity contribution in [2.75, 3.05) is 13.2 Å². The molecule has 0 spiro atoms. The lowest BCUT2D eigenvalue weighted by atomic mass is 10.0. The number of carboxylic acid groups (broad SMARTS) is 1. The number of sulfonamides is 1. The van der Waals surface area contributed by atoms with Crippen molar-refractivity contribution in [3.05, 3.63) is 12.0 Å². The van der Waals surface area contributed by atoms with Gasteiger partial charge in [-0.1, -0.05) is 6.92 Å². The first-order valence-electron chi connectivity index (χ1n) is 6.69. The smallest absolute Gasteiger partial charge is 0.327 e. The number of hydrogen-bond acceptors (Lipinski definition) is 5. The zero-order chi connectivity index (χ0) is 15.7. The summed E-state index contributed by atoms with van der Waals surface area (Å²) in [5.41, 5.74) is -1.61. The summed E-state index contributed by atoms with van der Waals surface area (Å²) in [7, 11) is -4.01. The number of aryl methyl sites for hydroxylation is 2. The average Bonchev–Trinajstić information content (AvgIpc) is 2.99. The van der Waals surface area contributed by atoms with Crippen LogP contribution in [-0.2, 0) is 26.1 Å². The second-order valence-corrected chi connectivity index (χ2v) is 6.74. The van der Waals surface area contributed by atoms with Gasteiger partial charge in [0.25, 0.3) is 10.0 Å². The first kappa shape index (κ1) is 15.9. The van der Waals surface area contributed by atoms with E-state index in [0.29, 0.717) is 12.4 Å². The molecule has 1 atom stereocenters. The third kappa shape index (κ3) is 3.09. The van der Waals surface area contributed by atoms with E-state index in [1.807, 2.05) is 6.92 Å². The number of carboxylic acids is 1. The molecular weight excluding hydrogens is 298 g/mol. The Balaban J connectivity index is 2.29. The minimum atomic E-state index is -4.01. The van der Waals surface area contributed by atoms with E-state index in [9.17, 15) is 18.3 Å². The van der Waals surface area contributed by atoms with Gasteiger partial charge in [-0.25, -0.2) is 13.4 Å². The molecule has 21 heavy (non-hydrogen) atoms. The van der Waals surface area contributed by atoms with Crippen molar-refractivity contribution in [3.63, 3.8) is 0 Å². The molecule has 0 amide bonds. The van der Waals surface area contributed by atoms with Crippen LogP contribution in [-0.4, -0.2) is 47.8 Å². The lowest BCUT2D eigenvalue weighted by Crippen LogP contribution is -2.55. The molecule has 1 aliphatic rings. The standard InChI is InChI=1S/C12H19N3O5S/c1-3-5-15-7-10(13-9(15)2)21(18,19)14-12(11(16)17)4-6-20-8-12/h7,14H,3-6,8H2,1-2H3,(H,16,17). The van der Waals surface area contributed by atoms with Crippen LogP contribution in [0.5, 0.6) is 0 Å². The second kappa shape index (κ2) is 5.74. The lowest BCUT2D eigenvalue weighted by molar-refractivity contribution is -0.144. The van der Waals surface area contributed by atoms with Gasteiger partial charge in [0, 0.05) is 25.8 Å². The van der Waals surface area contributed by atoms with Crippen molar-refractivity contribution in [2.45, 2.75) is 43.8 Å². The van der Waals surface area contributed by atoms with Crippen LogP contribution in [0.15, 0.2) is 11.2 Å². The predicted octanol–water partition coefficient (Wildman–Crippen LogP) is 0.124. The topological polar surface area (TPSA) is 111 Å². The van der Waals surface area contributed by atoms with E-state index in [-0.39, 0.29) is 24.7 Å². The number of aliphatic carboxylic acids is 1. The number of nitrogens with one attached hydrogen (secondary N) is 1. The van der Waals surface area contributed by atoms with Crippen LogP contribution < -0.4 is 4.72 Å². The molecule has 2 heterocycles. The molecule has 1 saturated heterocycles. The SMILES string of the molecule is CCCn1cc(S(=O)(=O)NC2(C(=O)O)CCOC2)nc1C. The summed E-state index contributed by atoms with van der Waals surface area (Å²) in [6.07, 6.45) is 2.36. The van der Waals surface area contributed by atoms with Gasteiger partial charge in [0.05, 0.1) is 6.61 Å². The molecule has 2 rings (SSSR count). The summed E-state index contributed by atoms with van der Waals surface area (Å²) in [5.74, 6) is -0.669.